The van der Waals surface area contributed by atoms with Crippen LogP contribution in [-0.4, -0.2) is 29.0 Å². The van der Waals surface area contributed by atoms with E-state index in [9.17, 15) is 14.9 Å². The lowest BCUT2D eigenvalue weighted by atomic mass is 10.2. The predicted molar refractivity (Wildman–Crippen MR) is 59.5 cm³/mol. The van der Waals surface area contributed by atoms with Gasteiger partial charge in [-0.05, 0) is 12.5 Å². The van der Waals surface area contributed by atoms with Crippen molar-refractivity contribution in [3.05, 3.63) is 39.9 Å². The summed E-state index contributed by atoms with van der Waals surface area (Å²) in [5.74, 6) is 0. The summed E-state index contributed by atoms with van der Waals surface area (Å²) in [6, 6.07) is 6.24. The molecule has 1 saturated heterocycles. The van der Waals surface area contributed by atoms with E-state index >= 15 is 0 Å². The number of amides is 1. The molecule has 0 aliphatic carbocycles. The van der Waals surface area contributed by atoms with Gasteiger partial charge in [-0.1, -0.05) is 12.1 Å². The predicted octanol–water partition coefficient (Wildman–Crippen LogP) is 1.94. The smallest absolute Gasteiger partial charge is 0.410 e. The Bertz CT molecular complexity index is 443. The summed E-state index contributed by atoms with van der Waals surface area (Å²) < 4.78 is 5.01. The number of carbonyl (C=O) groups excluding carboxylic acids is 1. The summed E-state index contributed by atoms with van der Waals surface area (Å²) in [6.45, 7) is 1.35. The number of para-hydroxylation sites is 1. The molecule has 0 spiro atoms. The van der Waals surface area contributed by atoms with Gasteiger partial charge in [0.2, 0.25) is 0 Å². The number of carbonyl (C=O) groups is 1. The molecule has 6 heteroatoms. The van der Waals surface area contributed by atoms with Crippen molar-refractivity contribution in [2.45, 2.75) is 13.0 Å². The summed E-state index contributed by atoms with van der Waals surface area (Å²) in [6.07, 6.45) is 0.579. The Labute approximate surface area is 97.9 Å². The molecule has 0 radical (unpaired) electrons. The Balaban J connectivity index is 1.98. The van der Waals surface area contributed by atoms with Crippen LogP contribution in [0.4, 0.5) is 10.5 Å². The number of rotatable bonds is 3. The molecule has 1 aliphatic rings. The summed E-state index contributed by atoms with van der Waals surface area (Å²) in [7, 11) is 0. The number of benzene rings is 1. The first-order valence-corrected chi connectivity index (χ1v) is 5.32. The maximum atomic E-state index is 11.4. The van der Waals surface area contributed by atoms with Crippen molar-refractivity contribution in [3.63, 3.8) is 0 Å². The highest BCUT2D eigenvalue weighted by molar-refractivity contribution is 5.68. The van der Waals surface area contributed by atoms with Crippen molar-refractivity contribution >= 4 is 11.8 Å². The zero-order chi connectivity index (χ0) is 12.3. The number of nitrogens with zero attached hydrogens (tertiary/aromatic N) is 2. The van der Waals surface area contributed by atoms with Gasteiger partial charge in [-0.25, -0.2) is 4.79 Å². The Morgan fingerprint density at radius 2 is 2.12 bits per heavy atom. The highest BCUT2D eigenvalue weighted by Crippen LogP contribution is 2.19. The lowest BCUT2D eigenvalue weighted by Crippen LogP contribution is -2.42. The van der Waals surface area contributed by atoms with Crippen LogP contribution < -0.4 is 0 Å². The van der Waals surface area contributed by atoms with Crippen LogP contribution in [0.2, 0.25) is 0 Å². The van der Waals surface area contributed by atoms with Gasteiger partial charge in [-0.2, -0.15) is 0 Å². The molecule has 0 unspecified atom stereocenters. The Hall–Kier alpha value is -2.11. The van der Waals surface area contributed by atoms with Gasteiger partial charge in [0.15, 0.2) is 0 Å². The van der Waals surface area contributed by atoms with Gasteiger partial charge in [0, 0.05) is 19.2 Å². The molecular weight excluding hydrogens is 224 g/mol. The van der Waals surface area contributed by atoms with E-state index in [1.807, 2.05) is 0 Å². The third-order valence-corrected chi connectivity index (χ3v) is 2.65. The highest BCUT2D eigenvalue weighted by Gasteiger charge is 2.22. The minimum Gasteiger partial charge on any atom is -0.444 e. The van der Waals surface area contributed by atoms with Gasteiger partial charge in [0.05, 0.1) is 10.5 Å². The van der Waals surface area contributed by atoms with Gasteiger partial charge >= 0.3 is 6.09 Å². The molecule has 0 atom stereocenters. The van der Waals surface area contributed by atoms with E-state index in [0.717, 1.165) is 6.42 Å². The number of hydrogen-bond donors (Lipinski definition) is 0. The fourth-order valence-corrected chi connectivity index (χ4v) is 1.54. The lowest BCUT2D eigenvalue weighted by molar-refractivity contribution is -0.385. The molecule has 1 aromatic rings. The molecule has 17 heavy (non-hydrogen) atoms. The first-order chi connectivity index (χ1) is 8.18. The molecule has 0 aromatic heterocycles. The van der Waals surface area contributed by atoms with Crippen LogP contribution in [0.5, 0.6) is 0 Å². The fraction of sp³-hybridized carbons (Fsp3) is 0.364. The van der Waals surface area contributed by atoms with Gasteiger partial charge < -0.3 is 9.64 Å². The highest BCUT2D eigenvalue weighted by atomic mass is 16.6. The molecule has 0 saturated carbocycles. The summed E-state index contributed by atoms with van der Waals surface area (Å²) in [5, 5.41) is 10.7. The first-order valence-electron chi connectivity index (χ1n) is 5.32. The van der Waals surface area contributed by atoms with E-state index in [1.165, 1.54) is 6.07 Å². The molecule has 2 rings (SSSR count). The number of likely N-dealkylation sites (tertiary alicyclic amines) is 1. The summed E-state index contributed by atoms with van der Waals surface area (Å²) in [5.41, 5.74) is 0.385. The zero-order valence-corrected chi connectivity index (χ0v) is 9.17. The quantitative estimate of drug-likeness (QED) is 0.593. The van der Waals surface area contributed by atoms with Crippen LogP contribution in [0.3, 0.4) is 0 Å². The largest absolute Gasteiger partial charge is 0.444 e. The molecular formula is C11H12N2O4. The maximum Gasteiger partial charge on any atom is 0.410 e. The topological polar surface area (TPSA) is 72.7 Å². The number of nitro groups is 1. The van der Waals surface area contributed by atoms with Crippen molar-refractivity contribution in [2.75, 3.05) is 13.1 Å². The zero-order valence-electron chi connectivity index (χ0n) is 9.17. The van der Waals surface area contributed by atoms with E-state index in [1.54, 1.807) is 23.1 Å². The third kappa shape index (κ3) is 2.52. The number of nitro benzene ring substituents is 1. The van der Waals surface area contributed by atoms with Crippen LogP contribution in [-0.2, 0) is 11.3 Å². The second kappa shape index (κ2) is 4.82. The minimum atomic E-state index is -0.479. The molecule has 0 N–H and O–H groups in total. The molecule has 90 valence electrons. The van der Waals surface area contributed by atoms with Crippen LogP contribution in [0.1, 0.15) is 12.0 Å². The second-order valence-corrected chi connectivity index (χ2v) is 3.78. The summed E-state index contributed by atoms with van der Waals surface area (Å²) in [4.78, 5) is 23.2. The standard InChI is InChI=1S/C11H12N2O4/c14-11(12-6-3-7-12)17-8-9-4-1-2-5-10(9)13(15)16/h1-2,4-5H,3,6-8H2. The molecule has 1 heterocycles. The Morgan fingerprint density at radius 3 is 2.71 bits per heavy atom. The Kier molecular flexibility index (Phi) is 3.22. The van der Waals surface area contributed by atoms with Gasteiger partial charge in [0.1, 0.15) is 6.61 Å². The molecule has 6 nitrogen and oxygen atoms in total. The SMILES string of the molecule is O=C(OCc1ccccc1[N+](=O)[O-])N1CCC1. The van der Waals surface area contributed by atoms with Crippen molar-refractivity contribution in [2.24, 2.45) is 0 Å². The van der Waals surface area contributed by atoms with E-state index in [-0.39, 0.29) is 12.3 Å². The first kappa shape index (κ1) is 11.4. The van der Waals surface area contributed by atoms with Crippen LogP contribution in [0.15, 0.2) is 24.3 Å². The summed E-state index contributed by atoms with van der Waals surface area (Å²) >= 11 is 0. The molecule has 1 fully saturated rings. The average Bonchev–Trinajstić information content (AvgIpc) is 2.24. The third-order valence-electron chi connectivity index (χ3n) is 2.65. The van der Waals surface area contributed by atoms with Crippen LogP contribution >= 0.6 is 0 Å². The normalized spacial score (nSPS) is 14.0. The number of hydrogen-bond acceptors (Lipinski definition) is 4. The van der Waals surface area contributed by atoms with Crippen molar-refractivity contribution in [3.8, 4) is 0 Å². The van der Waals surface area contributed by atoms with Gasteiger partial charge in [-0.3, -0.25) is 10.1 Å². The molecule has 1 amide bonds. The number of ether oxygens (including phenoxy) is 1. The molecule has 1 aliphatic heterocycles. The van der Waals surface area contributed by atoms with Gasteiger partial charge in [0.25, 0.3) is 5.69 Å². The van der Waals surface area contributed by atoms with E-state index in [4.69, 9.17) is 4.74 Å². The van der Waals surface area contributed by atoms with E-state index in [0.29, 0.717) is 18.7 Å². The van der Waals surface area contributed by atoms with Crippen LogP contribution in [0, 0.1) is 10.1 Å². The van der Waals surface area contributed by atoms with Crippen molar-refractivity contribution in [1.82, 2.24) is 4.90 Å². The Morgan fingerprint density at radius 1 is 1.41 bits per heavy atom. The van der Waals surface area contributed by atoms with Crippen molar-refractivity contribution < 1.29 is 14.5 Å². The molecule has 0 bridgehead atoms. The second-order valence-electron chi connectivity index (χ2n) is 3.78. The fourth-order valence-electron chi connectivity index (χ4n) is 1.54. The monoisotopic (exact) mass is 236 g/mol. The van der Waals surface area contributed by atoms with E-state index < -0.39 is 11.0 Å². The molecule has 1 aromatic carbocycles. The lowest BCUT2D eigenvalue weighted by Gasteiger charge is -2.29. The van der Waals surface area contributed by atoms with E-state index in [2.05, 4.69) is 0 Å². The average molecular weight is 236 g/mol. The van der Waals surface area contributed by atoms with Crippen molar-refractivity contribution in [1.29, 1.82) is 0 Å². The van der Waals surface area contributed by atoms with Gasteiger partial charge in [-0.15, -0.1) is 0 Å². The minimum absolute atomic E-state index is 0.0242. The van der Waals surface area contributed by atoms with Crippen LogP contribution in [0.25, 0.3) is 0 Å². The maximum absolute atomic E-state index is 11.4.